The van der Waals surface area contributed by atoms with Gasteiger partial charge in [0, 0.05) is 54.4 Å². The van der Waals surface area contributed by atoms with Gasteiger partial charge < -0.3 is 54.7 Å². The van der Waals surface area contributed by atoms with Crippen LogP contribution in [0.5, 0.6) is 0 Å². The number of alkyl halides is 1. The molecular weight excluding hydrogens is 890 g/mol. The van der Waals surface area contributed by atoms with Crippen molar-refractivity contribution in [3.05, 3.63) is 23.8 Å². The van der Waals surface area contributed by atoms with Crippen LogP contribution in [0.25, 0.3) is 0 Å². The molecule has 392 valence electrons. The number of halogens is 1. The van der Waals surface area contributed by atoms with Gasteiger partial charge in [0.25, 0.3) is 5.91 Å². The van der Waals surface area contributed by atoms with Crippen molar-refractivity contribution in [1.29, 1.82) is 0 Å². The molecule has 3 saturated carbocycles. The first-order valence-corrected chi connectivity index (χ1v) is 26.0. The van der Waals surface area contributed by atoms with E-state index in [-0.39, 0.29) is 67.4 Å². The Hall–Kier alpha value is -2.38. The fourth-order valence-corrected chi connectivity index (χ4v) is 15.2. The van der Waals surface area contributed by atoms with Gasteiger partial charge in [-0.3, -0.25) is 19.3 Å². The molecule has 23 atom stereocenters. The molecule has 0 radical (unpaired) electrons. The molecule has 0 aromatic carbocycles. The largest absolute Gasteiger partial charge is 0.459 e. The molecule has 0 bridgehead atoms. The molecule has 3 heterocycles. The number of allylic oxidation sites excluding steroid dienone is 4. The molecule has 3 saturated heterocycles. The highest BCUT2D eigenvalue weighted by molar-refractivity contribution is 6.01. The van der Waals surface area contributed by atoms with Crippen molar-refractivity contribution in [3.8, 4) is 0 Å². The smallest absolute Gasteiger partial charge is 0.311 e. The number of nitrogens with zero attached hydrogens (tertiary/aromatic N) is 2. The lowest BCUT2D eigenvalue weighted by Crippen LogP contribution is -2.67. The van der Waals surface area contributed by atoms with Gasteiger partial charge in [-0.25, -0.2) is 4.39 Å². The summed E-state index contributed by atoms with van der Waals surface area (Å²) in [4.78, 5) is 44.9. The number of carbonyl (C=O) groups excluding carboxylic acids is 3. The summed E-state index contributed by atoms with van der Waals surface area (Å²) >= 11 is 0. The normalized spacial score (nSPS) is 50.9. The number of aliphatic hydroxyl groups is 5. The molecular formula is C53H86FN3O12. The summed E-state index contributed by atoms with van der Waals surface area (Å²) in [5.41, 5.74) is -6.26. The van der Waals surface area contributed by atoms with E-state index in [1.165, 1.54) is 19.1 Å². The summed E-state index contributed by atoms with van der Waals surface area (Å²) in [7, 11) is 4.02. The second-order valence-corrected chi connectivity index (χ2v) is 24.0. The van der Waals surface area contributed by atoms with E-state index in [0.29, 0.717) is 37.9 Å². The van der Waals surface area contributed by atoms with Crippen molar-refractivity contribution >= 4 is 17.7 Å². The maximum Gasteiger partial charge on any atom is 0.311 e. The fourth-order valence-electron chi connectivity index (χ4n) is 15.2. The van der Waals surface area contributed by atoms with Crippen LogP contribution in [0.3, 0.4) is 0 Å². The number of hydrogen-bond donors (Lipinski definition) is 6. The number of amides is 1. The van der Waals surface area contributed by atoms with E-state index in [1.54, 1.807) is 19.9 Å². The van der Waals surface area contributed by atoms with E-state index in [4.69, 9.17) is 18.9 Å². The molecule has 7 rings (SSSR count). The zero-order valence-electron chi connectivity index (χ0n) is 43.6. The lowest BCUT2D eigenvalue weighted by atomic mass is 9.46. The number of hydrogen-bond acceptors (Lipinski definition) is 14. The van der Waals surface area contributed by atoms with Crippen LogP contribution in [0.1, 0.15) is 121 Å². The van der Waals surface area contributed by atoms with Crippen LogP contribution in [0, 0.1) is 52.3 Å². The Bertz CT molecular complexity index is 1970. The quantitative estimate of drug-likeness (QED) is 0.157. The van der Waals surface area contributed by atoms with Gasteiger partial charge in [-0.05, 0) is 135 Å². The predicted octanol–water partition coefficient (Wildman–Crippen LogP) is 4.10. The first-order chi connectivity index (χ1) is 32.1. The Kier molecular flexibility index (Phi) is 15.6. The molecule has 69 heavy (non-hydrogen) atoms. The Morgan fingerprint density at radius 2 is 1.65 bits per heavy atom. The predicted molar refractivity (Wildman–Crippen MR) is 256 cm³/mol. The number of rotatable bonds is 7. The maximum absolute atomic E-state index is 16.1. The van der Waals surface area contributed by atoms with E-state index >= 15 is 4.39 Å². The fraction of sp³-hybridized carbons (Fsp3) is 0.868. The summed E-state index contributed by atoms with van der Waals surface area (Å²) in [6.45, 7) is 21.1. The van der Waals surface area contributed by atoms with Gasteiger partial charge >= 0.3 is 5.97 Å². The molecule has 0 spiro atoms. The molecule has 6 N–H and O–H groups in total. The Morgan fingerprint density at radius 3 is 2.30 bits per heavy atom. The Labute approximate surface area is 409 Å². The van der Waals surface area contributed by atoms with Crippen LogP contribution in [-0.2, 0) is 33.3 Å². The van der Waals surface area contributed by atoms with Crippen LogP contribution in [0.15, 0.2) is 23.8 Å². The van der Waals surface area contributed by atoms with Crippen molar-refractivity contribution in [3.63, 3.8) is 0 Å². The lowest BCUT2D eigenvalue weighted by Gasteiger charge is -2.60. The molecule has 3 unspecified atom stereocenters. The molecule has 0 aromatic heterocycles. The van der Waals surface area contributed by atoms with Crippen molar-refractivity contribution in [2.24, 2.45) is 52.3 Å². The number of aliphatic hydroxyl groups excluding tert-OH is 3. The SMILES string of the molecule is CC[C@H]1OC(=O)[C@H](C)[C@@H](O)[C@H](C)[C@H]2O[C@@H]3O[C@H](C)C[C@@H](N(C)C)[C@H]3O[C@]2(C)C[C@@H](C)CN(CCCNC(=O)[C@@]2(O)[C@H](C)CC3C4C[C@H](F)C5=CC(=O)C=C[C@]5(C)C4[C@@H](O)C[C@@]32C)[C@H](C)[C@@H](O)[C@]1(C)O. The van der Waals surface area contributed by atoms with Crippen LogP contribution >= 0.6 is 0 Å². The highest BCUT2D eigenvalue weighted by Gasteiger charge is 2.71. The highest BCUT2D eigenvalue weighted by atomic mass is 19.1. The molecule has 6 fully saturated rings. The Morgan fingerprint density at radius 1 is 0.971 bits per heavy atom. The standard InChI is InChI=1S/C53H86FN3O12/c1-14-40-52(11,64)44(61)32(7)57(26-27(2)24-51(10)45(30(5)42(60)31(6)46(62)67-40)68-47-43(69-51)38(56(12)13)21-29(4)66-47)19-15-18-55-48(63)53(65)28(3)20-35-34-23-37(54)36-22-33(58)16-17-49(36,8)41(34)39(59)25-50(35,53)9/h16-17,22,27-32,34-35,37-45,47,59-61,64-65H,14-15,18-21,23-26H2,1-13H3,(H,55,63)/t27-,28-,29-,30+,31-,32-,34?,35?,37+,38-,39+,40-,41?,42+,43-,44-,45-,47+,49+,50+,51-,52-,53+/m1/s1. The van der Waals surface area contributed by atoms with Gasteiger partial charge in [0.1, 0.15) is 30.1 Å². The van der Waals surface area contributed by atoms with Gasteiger partial charge in [0.2, 0.25) is 0 Å². The van der Waals surface area contributed by atoms with E-state index in [1.807, 2.05) is 62.6 Å². The van der Waals surface area contributed by atoms with Crippen LogP contribution < -0.4 is 5.32 Å². The highest BCUT2D eigenvalue weighted by Crippen LogP contribution is 2.68. The van der Waals surface area contributed by atoms with Gasteiger partial charge in [-0.15, -0.1) is 0 Å². The van der Waals surface area contributed by atoms with E-state index < -0.39 is 112 Å². The van der Waals surface area contributed by atoms with Crippen LogP contribution in [-0.4, -0.2) is 171 Å². The van der Waals surface area contributed by atoms with Crippen molar-refractivity contribution in [1.82, 2.24) is 15.1 Å². The van der Waals surface area contributed by atoms with Crippen molar-refractivity contribution in [2.45, 2.75) is 205 Å². The molecule has 0 aromatic rings. The number of nitrogens with one attached hydrogen (secondary N) is 1. The lowest BCUT2D eigenvalue weighted by molar-refractivity contribution is -0.373. The number of ketones is 1. The van der Waals surface area contributed by atoms with Crippen molar-refractivity contribution < 1.29 is 63.3 Å². The number of esters is 1. The number of cyclic esters (lactones) is 1. The van der Waals surface area contributed by atoms with Gasteiger partial charge in [0.15, 0.2) is 17.7 Å². The van der Waals surface area contributed by atoms with Gasteiger partial charge in [0.05, 0.1) is 35.9 Å². The second kappa shape index (κ2) is 19.8. The topological polar surface area (TPSA) is 208 Å². The number of fused-ring (bicyclic) bond motifs is 7. The zero-order chi connectivity index (χ0) is 51.1. The monoisotopic (exact) mass is 976 g/mol. The first kappa shape index (κ1) is 54.4. The van der Waals surface area contributed by atoms with E-state index in [0.717, 1.165) is 6.42 Å². The average Bonchev–Trinajstić information content (AvgIpc) is 3.48. The summed E-state index contributed by atoms with van der Waals surface area (Å²) < 4.78 is 42.4. The third-order valence-electron chi connectivity index (χ3n) is 19.0. The third kappa shape index (κ3) is 9.34. The maximum atomic E-state index is 16.1. The molecule has 3 aliphatic heterocycles. The number of ether oxygens (including phenoxy) is 4. The number of carbonyl (C=O) groups is 3. The summed E-state index contributed by atoms with van der Waals surface area (Å²) in [5, 5.41) is 63.7. The molecule has 1 amide bonds. The van der Waals surface area contributed by atoms with E-state index in [9.17, 15) is 39.9 Å². The first-order valence-electron chi connectivity index (χ1n) is 26.0. The molecule has 15 nitrogen and oxygen atoms in total. The zero-order valence-corrected chi connectivity index (χ0v) is 43.6. The van der Waals surface area contributed by atoms with E-state index in [2.05, 4.69) is 22.0 Å². The second-order valence-electron chi connectivity index (χ2n) is 24.0. The number of likely N-dealkylation sites (N-methyl/N-ethyl adjacent to an activating group) is 1. The third-order valence-corrected chi connectivity index (χ3v) is 19.0. The average molecular weight is 976 g/mol. The summed E-state index contributed by atoms with van der Waals surface area (Å²) in [6, 6.07) is -0.697. The van der Waals surface area contributed by atoms with Gasteiger partial charge in [-0.1, -0.05) is 47.6 Å². The Balaban J connectivity index is 1.11. The minimum Gasteiger partial charge on any atom is -0.459 e. The molecule has 16 heteroatoms. The van der Waals surface area contributed by atoms with Gasteiger partial charge in [-0.2, -0.15) is 0 Å². The summed E-state index contributed by atoms with van der Waals surface area (Å²) in [6.07, 6.45) is -0.966. The summed E-state index contributed by atoms with van der Waals surface area (Å²) in [5.74, 6) is -4.73. The molecule has 4 aliphatic carbocycles. The van der Waals surface area contributed by atoms with Crippen molar-refractivity contribution in [2.75, 3.05) is 33.7 Å². The van der Waals surface area contributed by atoms with Crippen LogP contribution in [0.4, 0.5) is 4.39 Å². The van der Waals surface area contributed by atoms with Crippen LogP contribution in [0.2, 0.25) is 0 Å². The molecule has 7 aliphatic rings. The minimum absolute atomic E-state index is 0.0163. The minimum atomic E-state index is -1.90.